The van der Waals surface area contributed by atoms with E-state index in [2.05, 4.69) is 39.6 Å². The highest BCUT2D eigenvalue weighted by Crippen LogP contribution is 2.15. The van der Waals surface area contributed by atoms with Crippen molar-refractivity contribution in [2.24, 2.45) is 0 Å². The number of unbranched alkanes of at least 4 members (excludes halogenated alkanes) is 1. The van der Waals surface area contributed by atoms with Crippen LogP contribution in [0.3, 0.4) is 0 Å². The largest absolute Gasteiger partial charge is 0.548 e. The first-order chi connectivity index (χ1) is 5.99. The summed E-state index contributed by atoms with van der Waals surface area (Å²) in [5.74, 6) is 1.23. The lowest BCUT2D eigenvalue weighted by Gasteiger charge is -2.21. The van der Waals surface area contributed by atoms with Crippen LogP contribution in [-0.4, -0.2) is 8.32 Å². The van der Waals surface area contributed by atoms with Gasteiger partial charge in [0.05, 0.1) is 5.76 Å². The summed E-state index contributed by atoms with van der Waals surface area (Å²) in [5.41, 5.74) is 0. The van der Waals surface area contributed by atoms with Gasteiger partial charge in [0, 0.05) is 6.42 Å². The van der Waals surface area contributed by atoms with Gasteiger partial charge in [-0.25, -0.2) is 0 Å². The Kier molecular flexibility index (Phi) is 6.13. The SMILES string of the molecule is CCCC=C(CCC)O[Si](C)(C)C. The predicted octanol–water partition coefficient (Wildman–Crippen LogP) is 4.32. The van der Waals surface area contributed by atoms with Gasteiger partial charge in [-0.2, -0.15) is 0 Å². The van der Waals surface area contributed by atoms with Crippen LogP contribution in [0.15, 0.2) is 11.8 Å². The summed E-state index contributed by atoms with van der Waals surface area (Å²) in [5, 5.41) is 0. The third kappa shape index (κ3) is 8.10. The minimum Gasteiger partial charge on any atom is -0.548 e. The second kappa shape index (κ2) is 6.25. The second-order valence-corrected chi connectivity index (χ2v) is 8.85. The molecule has 0 rings (SSSR count). The van der Waals surface area contributed by atoms with E-state index in [4.69, 9.17) is 4.43 Å². The maximum absolute atomic E-state index is 5.98. The second-order valence-electron chi connectivity index (χ2n) is 4.42. The molecule has 0 aromatic carbocycles. The summed E-state index contributed by atoms with van der Waals surface area (Å²) in [6, 6.07) is 0. The van der Waals surface area contributed by atoms with E-state index in [1.807, 2.05) is 0 Å². The molecule has 0 amide bonds. The summed E-state index contributed by atoms with van der Waals surface area (Å²) >= 11 is 0. The summed E-state index contributed by atoms with van der Waals surface area (Å²) in [6.07, 6.45) is 6.91. The number of rotatable bonds is 6. The van der Waals surface area contributed by atoms with Gasteiger partial charge in [-0.3, -0.25) is 0 Å². The van der Waals surface area contributed by atoms with Crippen LogP contribution in [0.2, 0.25) is 19.6 Å². The molecular formula is C11H24OSi. The molecular weight excluding hydrogens is 176 g/mol. The first-order valence-corrected chi connectivity index (χ1v) is 8.78. The molecule has 0 saturated carbocycles. The summed E-state index contributed by atoms with van der Waals surface area (Å²) in [6.45, 7) is 11.1. The number of allylic oxidation sites excluding steroid dienone is 2. The quantitative estimate of drug-likeness (QED) is 0.458. The zero-order valence-corrected chi connectivity index (χ0v) is 10.8. The van der Waals surface area contributed by atoms with Crippen molar-refractivity contribution in [3.8, 4) is 0 Å². The third-order valence-corrected chi connectivity index (χ3v) is 2.47. The third-order valence-electron chi connectivity index (χ3n) is 1.59. The van der Waals surface area contributed by atoms with Crippen LogP contribution in [0.1, 0.15) is 39.5 Å². The molecule has 0 aliphatic heterocycles. The van der Waals surface area contributed by atoms with Gasteiger partial charge in [0.15, 0.2) is 0 Å². The van der Waals surface area contributed by atoms with Crippen LogP contribution < -0.4 is 0 Å². The van der Waals surface area contributed by atoms with Crippen molar-refractivity contribution in [3.63, 3.8) is 0 Å². The molecule has 0 aliphatic carbocycles. The van der Waals surface area contributed by atoms with Crippen molar-refractivity contribution in [2.45, 2.75) is 59.2 Å². The highest BCUT2D eigenvalue weighted by molar-refractivity contribution is 6.70. The first kappa shape index (κ1) is 12.8. The Balaban J connectivity index is 4.09. The molecule has 0 saturated heterocycles. The molecule has 0 fully saturated rings. The summed E-state index contributed by atoms with van der Waals surface area (Å²) in [7, 11) is -1.38. The van der Waals surface area contributed by atoms with E-state index < -0.39 is 8.32 Å². The van der Waals surface area contributed by atoms with Gasteiger partial charge >= 0.3 is 0 Å². The van der Waals surface area contributed by atoms with Crippen LogP contribution in [0.25, 0.3) is 0 Å². The highest BCUT2D eigenvalue weighted by atomic mass is 28.4. The summed E-state index contributed by atoms with van der Waals surface area (Å²) < 4.78 is 5.98. The van der Waals surface area contributed by atoms with Crippen LogP contribution in [0, 0.1) is 0 Å². The molecule has 0 aromatic heterocycles. The van der Waals surface area contributed by atoms with E-state index in [0.29, 0.717) is 0 Å². The van der Waals surface area contributed by atoms with Crippen molar-refractivity contribution in [1.29, 1.82) is 0 Å². The molecule has 0 aliphatic rings. The number of hydrogen-bond donors (Lipinski definition) is 0. The maximum atomic E-state index is 5.98. The van der Waals surface area contributed by atoms with Gasteiger partial charge in [0.25, 0.3) is 0 Å². The van der Waals surface area contributed by atoms with Gasteiger partial charge in [-0.05, 0) is 38.6 Å². The topological polar surface area (TPSA) is 9.23 Å². The lowest BCUT2D eigenvalue weighted by atomic mass is 10.2. The molecule has 0 aromatic rings. The lowest BCUT2D eigenvalue weighted by Crippen LogP contribution is -2.24. The van der Waals surface area contributed by atoms with E-state index in [0.717, 1.165) is 12.8 Å². The van der Waals surface area contributed by atoms with Gasteiger partial charge in [0.2, 0.25) is 8.32 Å². The Labute approximate surface area is 84.3 Å². The van der Waals surface area contributed by atoms with Gasteiger partial charge in [-0.1, -0.05) is 20.3 Å². The zero-order chi connectivity index (χ0) is 10.3. The van der Waals surface area contributed by atoms with Crippen molar-refractivity contribution < 1.29 is 4.43 Å². The van der Waals surface area contributed by atoms with Gasteiger partial charge in [-0.15, -0.1) is 0 Å². The summed E-state index contributed by atoms with van der Waals surface area (Å²) in [4.78, 5) is 0. The van der Waals surface area contributed by atoms with Crippen LogP contribution in [0.5, 0.6) is 0 Å². The normalized spacial score (nSPS) is 13.2. The van der Waals surface area contributed by atoms with E-state index in [9.17, 15) is 0 Å². The average molecular weight is 200 g/mol. The minimum atomic E-state index is -1.38. The molecule has 0 heterocycles. The molecule has 0 atom stereocenters. The fourth-order valence-electron chi connectivity index (χ4n) is 1.14. The van der Waals surface area contributed by atoms with E-state index in [-0.39, 0.29) is 0 Å². The standard InChI is InChI=1S/C11H24OSi/c1-6-8-10-11(9-7-2)12-13(3,4)5/h10H,6-9H2,1-5H3. The van der Waals surface area contributed by atoms with Crippen LogP contribution >= 0.6 is 0 Å². The molecule has 0 spiro atoms. The highest BCUT2D eigenvalue weighted by Gasteiger charge is 2.16. The molecule has 0 radical (unpaired) electrons. The van der Waals surface area contributed by atoms with Gasteiger partial charge < -0.3 is 4.43 Å². The monoisotopic (exact) mass is 200 g/mol. The van der Waals surface area contributed by atoms with Gasteiger partial charge in [0.1, 0.15) is 0 Å². The Bertz CT molecular complexity index is 156. The molecule has 78 valence electrons. The fraction of sp³-hybridized carbons (Fsp3) is 0.818. The van der Waals surface area contributed by atoms with E-state index in [1.54, 1.807) is 0 Å². The fourth-order valence-corrected chi connectivity index (χ4v) is 2.11. The van der Waals surface area contributed by atoms with Crippen LogP contribution in [0.4, 0.5) is 0 Å². The Morgan fingerprint density at radius 2 is 1.77 bits per heavy atom. The maximum Gasteiger partial charge on any atom is 0.241 e. The zero-order valence-electron chi connectivity index (χ0n) is 9.81. The van der Waals surface area contributed by atoms with Crippen molar-refractivity contribution in [1.82, 2.24) is 0 Å². The van der Waals surface area contributed by atoms with Crippen molar-refractivity contribution in [2.75, 3.05) is 0 Å². The van der Waals surface area contributed by atoms with Crippen molar-refractivity contribution >= 4 is 8.32 Å². The van der Waals surface area contributed by atoms with E-state index >= 15 is 0 Å². The average Bonchev–Trinajstić information content (AvgIpc) is 1.98. The lowest BCUT2D eigenvalue weighted by molar-refractivity contribution is 0.395. The van der Waals surface area contributed by atoms with Crippen LogP contribution in [-0.2, 0) is 4.43 Å². The number of hydrogen-bond acceptors (Lipinski definition) is 1. The first-order valence-electron chi connectivity index (χ1n) is 5.37. The Morgan fingerprint density at radius 3 is 2.15 bits per heavy atom. The molecule has 0 bridgehead atoms. The Hall–Kier alpha value is -0.243. The van der Waals surface area contributed by atoms with Crippen molar-refractivity contribution in [3.05, 3.63) is 11.8 Å². The molecule has 1 nitrogen and oxygen atoms in total. The molecule has 0 unspecified atom stereocenters. The Morgan fingerprint density at radius 1 is 1.15 bits per heavy atom. The predicted molar refractivity (Wildman–Crippen MR) is 62.3 cm³/mol. The molecule has 2 heteroatoms. The van der Waals surface area contributed by atoms with E-state index in [1.165, 1.54) is 18.6 Å². The molecule has 13 heavy (non-hydrogen) atoms. The minimum absolute atomic E-state index is 1.10. The molecule has 0 N–H and O–H groups in total. The smallest absolute Gasteiger partial charge is 0.241 e.